The first-order chi connectivity index (χ1) is 11.4. The topological polar surface area (TPSA) is 105 Å². The van der Waals surface area contributed by atoms with Crippen molar-refractivity contribution in [3.05, 3.63) is 40.1 Å². The predicted octanol–water partition coefficient (Wildman–Crippen LogP) is 2.05. The summed E-state index contributed by atoms with van der Waals surface area (Å²) in [5.41, 5.74) is 7.88. The van der Waals surface area contributed by atoms with Gasteiger partial charge in [0.1, 0.15) is 17.2 Å². The van der Waals surface area contributed by atoms with Crippen LogP contribution in [-0.4, -0.2) is 40.0 Å². The van der Waals surface area contributed by atoms with Gasteiger partial charge in [-0.3, -0.25) is 14.7 Å². The fourth-order valence-electron chi connectivity index (χ4n) is 3.35. The van der Waals surface area contributed by atoms with Crippen molar-refractivity contribution in [1.82, 2.24) is 15.1 Å². The number of rotatable bonds is 3. The van der Waals surface area contributed by atoms with Crippen molar-refractivity contribution in [3.8, 4) is 0 Å². The number of hydrogen-bond acceptors (Lipinski definition) is 4. The van der Waals surface area contributed by atoms with Crippen LogP contribution in [0.1, 0.15) is 62.4 Å². The molecular formula is C17H22N4O3. The van der Waals surface area contributed by atoms with Crippen molar-refractivity contribution in [2.45, 2.75) is 39.5 Å². The Kier molecular flexibility index (Phi) is 4.17. The molecule has 7 nitrogen and oxygen atoms in total. The summed E-state index contributed by atoms with van der Waals surface area (Å²) in [4.78, 5) is 26.0. The zero-order valence-electron chi connectivity index (χ0n) is 14.2. The Morgan fingerprint density at radius 3 is 2.67 bits per heavy atom. The van der Waals surface area contributed by atoms with Gasteiger partial charge in [-0.15, -0.1) is 0 Å². The molecule has 1 aliphatic rings. The summed E-state index contributed by atoms with van der Waals surface area (Å²) in [6, 6.07) is 1.68. The van der Waals surface area contributed by atoms with Gasteiger partial charge in [0.25, 0.3) is 11.8 Å². The maximum absolute atomic E-state index is 12.9. The molecule has 0 saturated carbocycles. The molecule has 1 aliphatic heterocycles. The van der Waals surface area contributed by atoms with Crippen molar-refractivity contribution in [2.75, 3.05) is 13.1 Å². The Balaban J connectivity index is 1.80. The average molecular weight is 330 g/mol. The van der Waals surface area contributed by atoms with Crippen molar-refractivity contribution in [3.63, 3.8) is 0 Å². The third-order valence-corrected chi connectivity index (χ3v) is 4.77. The number of H-pyrrole nitrogens is 1. The van der Waals surface area contributed by atoms with E-state index in [9.17, 15) is 9.59 Å². The van der Waals surface area contributed by atoms with Crippen LogP contribution in [0.25, 0.3) is 0 Å². The van der Waals surface area contributed by atoms with E-state index < -0.39 is 5.91 Å². The number of nitrogens with two attached hydrogens (primary N) is 1. The molecule has 7 heteroatoms. The van der Waals surface area contributed by atoms with Gasteiger partial charge in [0.15, 0.2) is 0 Å². The lowest BCUT2D eigenvalue weighted by Crippen LogP contribution is -2.39. The van der Waals surface area contributed by atoms with E-state index in [0.29, 0.717) is 17.9 Å². The lowest BCUT2D eigenvalue weighted by Gasteiger charge is -2.32. The molecule has 128 valence electrons. The summed E-state index contributed by atoms with van der Waals surface area (Å²) in [7, 11) is 0. The van der Waals surface area contributed by atoms with Crippen LogP contribution in [0, 0.1) is 20.8 Å². The number of nitrogens with zero attached hydrogens (tertiary/aromatic N) is 2. The fourth-order valence-corrected chi connectivity index (χ4v) is 3.35. The lowest BCUT2D eigenvalue weighted by atomic mass is 9.94. The molecule has 0 radical (unpaired) electrons. The normalized spacial score (nSPS) is 18.0. The number of likely N-dealkylation sites (tertiary alicyclic amines) is 1. The second-order valence-electron chi connectivity index (χ2n) is 6.38. The van der Waals surface area contributed by atoms with Crippen molar-refractivity contribution < 1.29 is 14.0 Å². The van der Waals surface area contributed by atoms with E-state index in [0.717, 1.165) is 36.4 Å². The van der Waals surface area contributed by atoms with Crippen molar-refractivity contribution in [2.24, 2.45) is 5.73 Å². The van der Waals surface area contributed by atoms with Crippen LogP contribution in [0.15, 0.2) is 10.5 Å². The van der Waals surface area contributed by atoms with Crippen LogP contribution >= 0.6 is 0 Å². The minimum absolute atomic E-state index is 0.00110. The first-order valence-electron chi connectivity index (χ1n) is 8.09. The number of aryl methyl sites for hydroxylation is 2. The van der Waals surface area contributed by atoms with Crippen LogP contribution < -0.4 is 5.73 Å². The number of nitrogens with one attached hydrogen (secondary N) is 1. The molecule has 0 bridgehead atoms. The second kappa shape index (κ2) is 6.14. The Hall–Kier alpha value is -2.57. The molecule has 3 rings (SSSR count). The van der Waals surface area contributed by atoms with Crippen LogP contribution in [0.3, 0.4) is 0 Å². The highest BCUT2D eigenvalue weighted by Gasteiger charge is 2.30. The third-order valence-electron chi connectivity index (χ3n) is 4.77. The monoisotopic (exact) mass is 330 g/mol. The van der Waals surface area contributed by atoms with Gasteiger partial charge in [-0.2, -0.15) is 5.10 Å². The summed E-state index contributed by atoms with van der Waals surface area (Å²) in [6.07, 6.45) is 1.84. The Labute approximate surface area is 140 Å². The van der Waals surface area contributed by atoms with Crippen LogP contribution in [0.4, 0.5) is 0 Å². The van der Waals surface area contributed by atoms with Crippen molar-refractivity contribution in [1.29, 1.82) is 0 Å². The molecular weight excluding hydrogens is 308 g/mol. The van der Waals surface area contributed by atoms with Gasteiger partial charge in [0, 0.05) is 30.3 Å². The highest BCUT2D eigenvalue weighted by atomic mass is 16.3. The number of primary amides is 1. The summed E-state index contributed by atoms with van der Waals surface area (Å²) in [5, 5.41) is 6.81. The quantitative estimate of drug-likeness (QED) is 0.898. The number of hydrogen-bond donors (Lipinski definition) is 2. The van der Waals surface area contributed by atoms with E-state index in [1.165, 1.54) is 0 Å². The molecule has 0 spiro atoms. The van der Waals surface area contributed by atoms with Gasteiger partial charge in [-0.1, -0.05) is 0 Å². The molecule has 2 amide bonds. The van der Waals surface area contributed by atoms with Gasteiger partial charge in [-0.05, 0) is 39.7 Å². The van der Waals surface area contributed by atoms with E-state index in [-0.39, 0.29) is 17.5 Å². The molecule has 1 atom stereocenters. The lowest BCUT2D eigenvalue weighted by molar-refractivity contribution is 0.0703. The zero-order chi connectivity index (χ0) is 17.4. The second-order valence-corrected chi connectivity index (χ2v) is 6.38. The van der Waals surface area contributed by atoms with Gasteiger partial charge >= 0.3 is 0 Å². The Bertz CT molecular complexity index is 790. The smallest absolute Gasteiger partial charge is 0.269 e. The maximum Gasteiger partial charge on any atom is 0.269 e. The summed E-state index contributed by atoms with van der Waals surface area (Å²) < 4.78 is 5.58. The number of piperidine rings is 1. The highest BCUT2D eigenvalue weighted by Crippen LogP contribution is 2.29. The highest BCUT2D eigenvalue weighted by molar-refractivity contribution is 5.97. The Morgan fingerprint density at radius 2 is 2.08 bits per heavy atom. The van der Waals surface area contributed by atoms with E-state index in [2.05, 4.69) is 10.2 Å². The van der Waals surface area contributed by atoms with Crippen LogP contribution in [0.5, 0.6) is 0 Å². The minimum atomic E-state index is -0.554. The van der Waals surface area contributed by atoms with Gasteiger partial charge in [-0.25, -0.2) is 0 Å². The number of amides is 2. The molecule has 1 saturated heterocycles. The molecule has 2 aromatic heterocycles. The summed E-state index contributed by atoms with van der Waals surface area (Å²) in [6.45, 7) is 6.91. The fraction of sp³-hybridized carbons (Fsp3) is 0.471. The first-order valence-corrected chi connectivity index (χ1v) is 8.09. The van der Waals surface area contributed by atoms with E-state index in [1.807, 2.05) is 25.7 Å². The number of aromatic nitrogens is 2. The van der Waals surface area contributed by atoms with E-state index in [1.54, 1.807) is 6.07 Å². The third kappa shape index (κ3) is 2.81. The van der Waals surface area contributed by atoms with E-state index >= 15 is 0 Å². The molecule has 3 N–H and O–H groups in total. The molecule has 0 aromatic carbocycles. The van der Waals surface area contributed by atoms with Gasteiger partial charge in [0.05, 0.1) is 5.56 Å². The largest absolute Gasteiger partial charge is 0.466 e. The maximum atomic E-state index is 12.9. The zero-order valence-corrected chi connectivity index (χ0v) is 14.2. The van der Waals surface area contributed by atoms with Gasteiger partial charge < -0.3 is 15.1 Å². The summed E-state index contributed by atoms with van der Waals surface area (Å²) >= 11 is 0. The summed E-state index contributed by atoms with van der Waals surface area (Å²) in [5.74, 6) is 1.01. The molecule has 24 heavy (non-hydrogen) atoms. The molecule has 3 heterocycles. The minimum Gasteiger partial charge on any atom is -0.466 e. The van der Waals surface area contributed by atoms with Crippen molar-refractivity contribution >= 4 is 11.8 Å². The standard InChI is InChI=1S/C17H22N4O3/c1-9-10(2)24-11(3)15(9)17(23)21-6-4-5-12(8-21)13-7-14(16(18)22)20-19-13/h7,12H,4-6,8H2,1-3H3,(H2,18,22)(H,19,20). The molecule has 0 aliphatic carbocycles. The molecule has 2 aromatic rings. The average Bonchev–Trinajstić information content (AvgIpc) is 3.13. The first kappa shape index (κ1) is 16.3. The number of carbonyl (C=O) groups is 2. The van der Waals surface area contributed by atoms with E-state index in [4.69, 9.17) is 10.2 Å². The number of carbonyl (C=O) groups excluding carboxylic acids is 2. The predicted molar refractivity (Wildman–Crippen MR) is 87.9 cm³/mol. The molecule has 1 unspecified atom stereocenters. The number of furan rings is 1. The Morgan fingerprint density at radius 1 is 1.33 bits per heavy atom. The molecule has 1 fully saturated rings. The van der Waals surface area contributed by atoms with Crippen LogP contribution in [-0.2, 0) is 0 Å². The number of aromatic amines is 1. The SMILES string of the molecule is Cc1oc(C)c(C(=O)N2CCCC(c3cc(C(N)=O)n[nH]3)C2)c1C. The van der Waals surface area contributed by atoms with Crippen LogP contribution in [0.2, 0.25) is 0 Å². The van der Waals surface area contributed by atoms with Gasteiger partial charge in [0.2, 0.25) is 0 Å².